The number of alkyl halides is 3. The molecule has 1 aliphatic carbocycles. The van der Waals surface area contributed by atoms with Gasteiger partial charge in [0.25, 0.3) is 0 Å². The summed E-state index contributed by atoms with van der Waals surface area (Å²) in [5.74, 6) is 0.627. The number of halogens is 4. The van der Waals surface area contributed by atoms with Gasteiger partial charge in [-0.3, -0.25) is 9.98 Å². The minimum atomic E-state index is -4.67. The molecule has 0 N–H and O–H groups in total. The van der Waals surface area contributed by atoms with E-state index in [0.29, 0.717) is 38.9 Å². The van der Waals surface area contributed by atoms with Gasteiger partial charge in [-0.05, 0) is 37.1 Å². The van der Waals surface area contributed by atoms with E-state index in [1.54, 1.807) is 0 Å². The van der Waals surface area contributed by atoms with E-state index < -0.39 is 17.7 Å². The molecule has 40 heavy (non-hydrogen) atoms. The van der Waals surface area contributed by atoms with Gasteiger partial charge >= 0.3 is 6.18 Å². The average Bonchev–Trinajstić information content (AvgIpc) is 3.67. The van der Waals surface area contributed by atoms with E-state index in [4.69, 9.17) is 14.5 Å². The van der Waals surface area contributed by atoms with Gasteiger partial charge in [-0.15, -0.1) is 11.3 Å². The van der Waals surface area contributed by atoms with E-state index in [9.17, 15) is 17.6 Å². The summed E-state index contributed by atoms with van der Waals surface area (Å²) in [5.41, 5.74) is 1.28. The summed E-state index contributed by atoms with van der Waals surface area (Å²) in [7, 11) is 2.88. The molecule has 9 nitrogen and oxygen atoms in total. The lowest BCUT2D eigenvalue weighted by molar-refractivity contribution is -0.0933. The molecule has 0 amide bonds. The first-order chi connectivity index (χ1) is 19.2. The third kappa shape index (κ3) is 5.86. The number of ether oxygens (including phenoxy) is 2. The van der Waals surface area contributed by atoms with E-state index >= 15 is 0 Å². The number of allylic oxidation sites excluding steroid dienone is 1. The highest BCUT2D eigenvalue weighted by Crippen LogP contribution is 2.45. The van der Waals surface area contributed by atoms with Gasteiger partial charge in [-0.2, -0.15) is 18.2 Å². The van der Waals surface area contributed by atoms with E-state index in [1.807, 2.05) is 11.4 Å². The fraction of sp³-hybridized carbons (Fsp3) is 0.308. The van der Waals surface area contributed by atoms with Crippen molar-refractivity contribution in [1.29, 1.82) is 0 Å². The van der Waals surface area contributed by atoms with Crippen molar-refractivity contribution in [3.05, 3.63) is 64.7 Å². The Morgan fingerprint density at radius 1 is 1.23 bits per heavy atom. The number of aliphatic imine (C=N–C) groups is 1. The molecule has 0 radical (unpaired) electrons. The first kappa shape index (κ1) is 27.4. The van der Waals surface area contributed by atoms with E-state index in [1.165, 1.54) is 44.1 Å². The summed E-state index contributed by atoms with van der Waals surface area (Å²) in [6.45, 7) is 2.67. The maximum absolute atomic E-state index is 14.8. The number of hydrogen-bond donors (Lipinski definition) is 0. The highest BCUT2D eigenvalue weighted by molar-refractivity contribution is 7.17. The first-order valence-corrected chi connectivity index (χ1v) is 12.9. The predicted octanol–water partition coefficient (Wildman–Crippen LogP) is 5.68. The van der Waals surface area contributed by atoms with E-state index in [2.05, 4.69) is 31.6 Å². The highest BCUT2D eigenvalue weighted by atomic mass is 32.1. The first-order valence-electron chi connectivity index (χ1n) is 12.0. The van der Waals surface area contributed by atoms with Crippen molar-refractivity contribution in [2.75, 3.05) is 14.2 Å². The second-order valence-corrected chi connectivity index (χ2v) is 9.97. The number of thiophene rings is 1. The Kier molecular flexibility index (Phi) is 7.61. The molecule has 4 aromatic rings. The lowest BCUT2D eigenvalue weighted by Crippen LogP contribution is -2.18. The van der Waals surface area contributed by atoms with Gasteiger partial charge in [0.05, 0.1) is 30.6 Å². The molecule has 4 aromatic heterocycles. The summed E-state index contributed by atoms with van der Waals surface area (Å²) in [6, 6.07) is 3.07. The van der Waals surface area contributed by atoms with Gasteiger partial charge < -0.3 is 14.4 Å². The van der Waals surface area contributed by atoms with Crippen LogP contribution in [0.3, 0.4) is 0 Å². The molecule has 0 aliphatic heterocycles. The number of methoxy groups -OCH3 is 1. The Labute approximate surface area is 230 Å². The van der Waals surface area contributed by atoms with E-state index in [0.717, 1.165) is 29.6 Å². The third-order valence-corrected chi connectivity index (χ3v) is 6.94. The quantitative estimate of drug-likeness (QED) is 0.177. The van der Waals surface area contributed by atoms with Crippen LogP contribution in [0.1, 0.15) is 35.7 Å². The molecule has 0 bridgehead atoms. The van der Waals surface area contributed by atoms with Crippen LogP contribution in [0.4, 0.5) is 17.6 Å². The Morgan fingerprint density at radius 2 is 2.02 bits per heavy atom. The van der Waals surface area contributed by atoms with Crippen molar-refractivity contribution in [3.63, 3.8) is 0 Å². The molecule has 1 fully saturated rings. The fourth-order valence-electron chi connectivity index (χ4n) is 4.01. The molecular weight excluding hydrogens is 550 g/mol. The number of aromatic nitrogens is 5. The maximum Gasteiger partial charge on any atom is 0.434 e. The van der Waals surface area contributed by atoms with Crippen molar-refractivity contribution in [2.45, 2.75) is 38.1 Å². The predicted molar refractivity (Wildman–Crippen MR) is 141 cm³/mol. The lowest BCUT2D eigenvalue weighted by atomic mass is 10.1. The molecule has 208 valence electrons. The monoisotopic (exact) mass is 573 g/mol. The Bertz CT molecular complexity index is 1590. The number of hydrogen-bond acceptors (Lipinski definition) is 10. The van der Waals surface area contributed by atoms with Gasteiger partial charge in [-0.25, -0.2) is 19.3 Å². The Balaban J connectivity index is 1.37. The molecule has 1 saturated carbocycles. The van der Waals surface area contributed by atoms with Gasteiger partial charge in [0, 0.05) is 30.9 Å². The normalized spacial score (nSPS) is 13.9. The second-order valence-electron chi connectivity index (χ2n) is 9.05. The smallest absolute Gasteiger partial charge is 0.434 e. The summed E-state index contributed by atoms with van der Waals surface area (Å²) in [5, 5.41) is 1.86. The molecule has 1 aliphatic rings. The van der Waals surface area contributed by atoms with Crippen LogP contribution in [-0.4, -0.2) is 56.9 Å². The molecular formula is C26H23F4N7O2S. The standard InChI is InChI=1S/C26H23F4N7O2S/c1-31-19(26(28,29)30)11-37(2)10-18-16(27)8-14(9-32-18)12-39-25-22-17(6-7-40-22)35-23(36-25)20-21(15-4-5-15)33-13-34-24(20)38-3/h6-9,11,13,15H,1,4-5,10,12H2,2-3H3/b19-11-. The van der Waals surface area contributed by atoms with Crippen LogP contribution in [0.5, 0.6) is 11.8 Å². The average molecular weight is 574 g/mol. The van der Waals surface area contributed by atoms with Crippen LogP contribution in [0.25, 0.3) is 21.6 Å². The van der Waals surface area contributed by atoms with Gasteiger partial charge in [-0.1, -0.05) is 0 Å². The molecule has 5 rings (SSSR count). The minimum absolute atomic E-state index is 0.0400. The zero-order valence-corrected chi connectivity index (χ0v) is 22.3. The van der Waals surface area contributed by atoms with Crippen LogP contribution >= 0.6 is 11.3 Å². The van der Waals surface area contributed by atoms with Gasteiger partial charge in [0.2, 0.25) is 11.8 Å². The summed E-state index contributed by atoms with van der Waals surface area (Å²) >= 11 is 1.40. The molecule has 14 heteroatoms. The SMILES string of the molecule is C=N/C(=C\N(C)Cc1ncc(COc2nc(-c3c(OC)ncnc3C3CC3)nc3ccsc23)cc1F)C(F)(F)F. The number of fused-ring (bicyclic) bond motifs is 1. The highest BCUT2D eigenvalue weighted by Gasteiger charge is 2.34. The van der Waals surface area contributed by atoms with Crippen LogP contribution in [0, 0.1) is 5.82 Å². The largest absolute Gasteiger partial charge is 0.480 e. The molecule has 0 atom stereocenters. The summed E-state index contributed by atoms with van der Waals surface area (Å²) < 4.78 is 65.8. The van der Waals surface area contributed by atoms with Crippen LogP contribution < -0.4 is 9.47 Å². The van der Waals surface area contributed by atoms with Crippen molar-refractivity contribution >= 4 is 28.3 Å². The molecule has 4 heterocycles. The minimum Gasteiger partial charge on any atom is -0.480 e. The zero-order valence-electron chi connectivity index (χ0n) is 21.4. The van der Waals surface area contributed by atoms with Gasteiger partial charge in [0.1, 0.15) is 29.0 Å². The second kappa shape index (κ2) is 11.1. The van der Waals surface area contributed by atoms with E-state index in [-0.39, 0.29) is 24.8 Å². The van der Waals surface area contributed by atoms with Crippen LogP contribution in [-0.2, 0) is 13.2 Å². The Morgan fingerprint density at radius 3 is 2.70 bits per heavy atom. The van der Waals surface area contributed by atoms with Gasteiger partial charge in [0.15, 0.2) is 11.5 Å². The molecule has 0 aromatic carbocycles. The fourth-order valence-corrected chi connectivity index (χ4v) is 4.78. The van der Waals surface area contributed by atoms with Crippen molar-refractivity contribution in [1.82, 2.24) is 29.8 Å². The number of rotatable bonds is 10. The van der Waals surface area contributed by atoms with Crippen LogP contribution in [0.2, 0.25) is 0 Å². The zero-order chi connectivity index (χ0) is 28.4. The van der Waals surface area contributed by atoms with Crippen molar-refractivity contribution in [3.8, 4) is 23.1 Å². The number of nitrogens with zero attached hydrogens (tertiary/aromatic N) is 7. The summed E-state index contributed by atoms with van der Waals surface area (Å²) in [4.78, 5) is 26.2. The maximum atomic E-state index is 14.8. The number of pyridine rings is 1. The third-order valence-electron chi connectivity index (χ3n) is 6.05. The van der Waals surface area contributed by atoms with Crippen molar-refractivity contribution in [2.24, 2.45) is 4.99 Å². The molecule has 0 unspecified atom stereocenters. The molecule has 0 saturated heterocycles. The topological polar surface area (TPSA) is 98.5 Å². The summed E-state index contributed by atoms with van der Waals surface area (Å²) in [6.07, 6.45) is 0.946. The van der Waals surface area contributed by atoms with Crippen LogP contribution in [0.15, 0.2) is 46.9 Å². The lowest BCUT2D eigenvalue weighted by Gasteiger charge is -2.17. The Hall–Kier alpha value is -4.20. The molecule has 0 spiro atoms. The van der Waals surface area contributed by atoms with Crippen molar-refractivity contribution < 1.29 is 27.0 Å².